The number of piperazine rings is 1. The summed E-state index contributed by atoms with van der Waals surface area (Å²) in [5, 5.41) is 6.71. The van der Waals surface area contributed by atoms with Gasteiger partial charge in [0.15, 0.2) is 0 Å². The second-order valence-electron chi connectivity index (χ2n) is 6.54. The summed E-state index contributed by atoms with van der Waals surface area (Å²) in [7, 11) is 0. The second-order valence-corrected chi connectivity index (χ2v) is 7.36. The van der Waals surface area contributed by atoms with Gasteiger partial charge in [-0.15, -0.1) is 0 Å². The Morgan fingerprint density at radius 1 is 1.12 bits per heavy atom. The lowest BCUT2D eigenvalue weighted by Gasteiger charge is -2.37. The highest BCUT2D eigenvalue weighted by Crippen LogP contribution is 2.25. The lowest BCUT2D eigenvalue weighted by atomic mass is 10.2. The summed E-state index contributed by atoms with van der Waals surface area (Å²) < 4.78 is 0. The Morgan fingerprint density at radius 3 is 2.40 bits per heavy atom. The zero-order chi connectivity index (χ0) is 18.0. The van der Waals surface area contributed by atoms with Gasteiger partial charge in [0.05, 0.1) is 16.1 Å². The smallest absolute Gasteiger partial charge is 0.321 e. The van der Waals surface area contributed by atoms with Crippen LogP contribution < -0.4 is 10.6 Å². The van der Waals surface area contributed by atoms with Crippen molar-refractivity contribution in [3.05, 3.63) is 28.2 Å². The van der Waals surface area contributed by atoms with E-state index >= 15 is 0 Å². The fourth-order valence-electron chi connectivity index (χ4n) is 2.80. The number of carbonyl (C=O) groups excluding carboxylic acids is 2. The van der Waals surface area contributed by atoms with Crippen LogP contribution in [0.2, 0.25) is 10.0 Å². The summed E-state index contributed by atoms with van der Waals surface area (Å²) >= 11 is 11.8. The van der Waals surface area contributed by atoms with Crippen LogP contribution in [0.1, 0.15) is 19.8 Å². The zero-order valence-corrected chi connectivity index (χ0v) is 15.6. The molecule has 8 heteroatoms. The first kappa shape index (κ1) is 18.3. The SMILES string of the molecule is C[C@H](C(=O)NC1CC1)N1CCN(C(=O)Nc2ccc(Cl)c(Cl)c2)CC1. The van der Waals surface area contributed by atoms with Crippen molar-refractivity contribution in [3.63, 3.8) is 0 Å². The normalized spacial score (nSPS) is 19.4. The van der Waals surface area contributed by atoms with Gasteiger partial charge in [-0.05, 0) is 38.0 Å². The maximum atomic E-state index is 12.4. The first-order valence-electron chi connectivity index (χ1n) is 8.49. The number of anilines is 1. The van der Waals surface area contributed by atoms with Gasteiger partial charge >= 0.3 is 6.03 Å². The molecule has 6 nitrogen and oxygen atoms in total. The minimum Gasteiger partial charge on any atom is -0.352 e. The molecular weight excluding hydrogens is 363 g/mol. The number of hydrogen-bond acceptors (Lipinski definition) is 3. The summed E-state index contributed by atoms with van der Waals surface area (Å²) in [5.74, 6) is 0.0798. The molecule has 1 aliphatic carbocycles. The number of halogens is 2. The quantitative estimate of drug-likeness (QED) is 0.838. The molecule has 3 amide bonds. The van der Waals surface area contributed by atoms with Crippen molar-refractivity contribution in [2.45, 2.75) is 31.8 Å². The second kappa shape index (κ2) is 7.81. The molecule has 2 N–H and O–H groups in total. The number of rotatable bonds is 4. The third-order valence-corrected chi connectivity index (χ3v) is 5.36. The first-order chi connectivity index (χ1) is 11.9. The van der Waals surface area contributed by atoms with E-state index in [4.69, 9.17) is 23.2 Å². The lowest BCUT2D eigenvalue weighted by Crippen LogP contribution is -2.55. The summed E-state index contributed by atoms with van der Waals surface area (Å²) in [6.45, 7) is 4.42. The maximum absolute atomic E-state index is 12.4. The molecule has 0 bridgehead atoms. The van der Waals surface area contributed by atoms with Crippen LogP contribution in [0.15, 0.2) is 18.2 Å². The van der Waals surface area contributed by atoms with Crippen molar-refractivity contribution in [3.8, 4) is 0 Å². The van der Waals surface area contributed by atoms with Crippen LogP contribution in [-0.4, -0.2) is 60.0 Å². The van der Waals surface area contributed by atoms with E-state index in [1.54, 1.807) is 23.1 Å². The summed E-state index contributed by atoms with van der Waals surface area (Å²) in [5.41, 5.74) is 0.610. The average molecular weight is 385 g/mol. The van der Waals surface area contributed by atoms with Gasteiger partial charge < -0.3 is 15.5 Å². The van der Waals surface area contributed by atoms with E-state index in [1.807, 2.05) is 6.92 Å². The third kappa shape index (κ3) is 4.77. The molecule has 0 unspecified atom stereocenters. The maximum Gasteiger partial charge on any atom is 0.321 e. The molecule has 1 aromatic carbocycles. The van der Waals surface area contributed by atoms with E-state index in [2.05, 4.69) is 15.5 Å². The van der Waals surface area contributed by atoms with Crippen LogP contribution in [0, 0.1) is 0 Å². The molecule has 1 atom stereocenters. The van der Waals surface area contributed by atoms with Crippen molar-refractivity contribution in [2.75, 3.05) is 31.5 Å². The van der Waals surface area contributed by atoms with Crippen molar-refractivity contribution in [1.82, 2.24) is 15.1 Å². The van der Waals surface area contributed by atoms with E-state index < -0.39 is 0 Å². The van der Waals surface area contributed by atoms with Crippen molar-refractivity contribution in [1.29, 1.82) is 0 Å². The Labute approximate surface area is 157 Å². The Bertz CT molecular complexity index is 658. The standard InChI is InChI=1S/C17H22Cl2N4O2/c1-11(16(24)20-12-2-3-12)22-6-8-23(9-7-22)17(25)21-13-4-5-14(18)15(19)10-13/h4-5,10-12H,2-3,6-9H2,1H3,(H,20,24)(H,21,25)/t11-/m1/s1. The fourth-order valence-corrected chi connectivity index (χ4v) is 3.10. The highest BCUT2D eigenvalue weighted by atomic mass is 35.5. The summed E-state index contributed by atoms with van der Waals surface area (Å²) in [4.78, 5) is 28.4. The minimum atomic E-state index is -0.173. The van der Waals surface area contributed by atoms with Gasteiger partial charge in [-0.1, -0.05) is 23.2 Å². The van der Waals surface area contributed by atoms with Gasteiger partial charge in [-0.3, -0.25) is 9.69 Å². The molecule has 0 radical (unpaired) electrons. The number of hydrogen-bond donors (Lipinski definition) is 2. The third-order valence-electron chi connectivity index (χ3n) is 4.62. The predicted octanol–water partition coefficient (Wildman–Crippen LogP) is 2.81. The van der Waals surface area contributed by atoms with Crippen LogP contribution >= 0.6 is 23.2 Å². The van der Waals surface area contributed by atoms with E-state index in [0.717, 1.165) is 12.8 Å². The Kier molecular flexibility index (Phi) is 5.71. The van der Waals surface area contributed by atoms with Gasteiger partial charge in [-0.25, -0.2) is 4.79 Å². The van der Waals surface area contributed by atoms with Crippen molar-refractivity contribution in [2.24, 2.45) is 0 Å². The molecule has 2 fully saturated rings. The number of nitrogens with one attached hydrogen (secondary N) is 2. The number of nitrogens with zero attached hydrogens (tertiary/aromatic N) is 2. The first-order valence-corrected chi connectivity index (χ1v) is 9.25. The van der Waals surface area contributed by atoms with Gasteiger partial charge in [0.25, 0.3) is 0 Å². The Balaban J connectivity index is 1.48. The molecule has 2 aliphatic rings. The molecule has 1 aromatic rings. The Hall–Kier alpha value is -1.50. The molecular formula is C17H22Cl2N4O2. The molecule has 3 rings (SSSR count). The Morgan fingerprint density at radius 2 is 1.80 bits per heavy atom. The van der Waals surface area contributed by atoms with E-state index in [-0.39, 0.29) is 18.0 Å². The molecule has 1 aliphatic heterocycles. The van der Waals surface area contributed by atoms with Crippen LogP contribution in [0.25, 0.3) is 0 Å². The van der Waals surface area contributed by atoms with Crippen LogP contribution in [0.3, 0.4) is 0 Å². The van der Waals surface area contributed by atoms with Crippen LogP contribution in [-0.2, 0) is 4.79 Å². The molecule has 136 valence electrons. The molecule has 1 saturated carbocycles. The van der Waals surface area contributed by atoms with Crippen molar-refractivity contribution < 1.29 is 9.59 Å². The van der Waals surface area contributed by atoms with Gasteiger partial charge in [0.2, 0.25) is 5.91 Å². The van der Waals surface area contributed by atoms with Crippen LogP contribution in [0.4, 0.5) is 10.5 Å². The highest BCUT2D eigenvalue weighted by Gasteiger charge is 2.30. The predicted molar refractivity (Wildman–Crippen MR) is 99.3 cm³/mol. The number of urea groups is 1. The molecule has 0 spiro atoms. The zero-order valence-electron chi connectivity index (χ0n) is 14.1. The lowest BCUT2D eigenvalue weighted by molar-refractivity contribution is -0.126. The van der Waals surface area contributed by atoms with Gasteiger partial charge in [-0.2, -0.15) is 0 Å². The van der Waals surface area contributed by atoms with E-state index in [0.29, 0.717) is 48.0 Å². The summed E-state index contributed by atoms with van der Waals surface area (Å²) in [6.07, 6.45) is 2.17. The number of benzene rings is 1. The minimum absolute atomic E-state index is 0.0798. The topological polar surface area (TPSA) is 64.7 Å². The number of carbonyl (C=O) groups is 2. The van der Waals surface area contributed by atoms with E-state index in [1.165, 1.54) is 0 Å². The van der Waals surface area contributed by atoms with Gasteiger partial charge in [0, 0.05) is 37.9 Å². The average Bonchev–Trinajstić information content (AvgIpc) is 3.41. The van der Waals surface area contributed by atoms with Gasteiger partial charge in [0.1, 0.15) is 0 Å². The molecule has 25 heavy (non-hydrogen) atoms. The molecule has 1 saturated heterocycles. The fraction of sp³-hybridized carbons (Fsp3) is 0.529. The highest BCUT2D eigenvalue weighted by molar-refractivity contribution is 6.42. The van der Waals surface area contributed by atoms with Crippen molar-refractivity contribution >= 4 is 40.8 Å². The molecule has 0 aromatic heterocycles. The molecule has 1 heterocycles. The van der Waals surface area contributed by atoms with E-state index in [9.17, 15) is 9.59 Å². The number of amides is 3. The largest absolute Gasteiger partial charge is 0.352 e. The van der Waals surface area contributed by atoms with Crippen LogP contribution in [0.5, 0.6) is 0 Å². The summed E-state index contributed by atoms with van der Waals surface area (Å²) in [6, 6.07) is 5.02. The monoisotopic (exact) mass is 384 g/mol.